The predicted molar refractivity (Wildman–Crippen MR) is 206 cm³/mol. The van der Waals surface area contributed by atoms with Crippen molar-refractivity contribution in [2.45, 2.75) is 6.17 Å². The van der Waals surface area contributed by atoms with Gasteiger partial charge in [-0.15, -0.1) is 0 Å². The van der Waals surface area contributed by atoms with E-state index in [1.807, 2.05) is 78.9 Å². The molecule has 1 aliphatic heterocycles. The van der Waals surface area contributed by atoms with Crippen LogP contribution in [0.5, 0.6) is 0 Å². The fourth-order valence-electron chi connectivity index (χ4n) is 7.68. The Morgan fingerprint density at radius 2 is 0.961 bits per heavy atom. The van der Waals surface area contributed by atoms with Gasteiger partial charge in [0.05, 0.1) is 0 Å². The van der Waals surface area contributed by atoms with Crippen LogP contribution in [-0.2, 0) is 0 Å². The number of benzene rings is 7. The quantitative estimate of drug-likeness (QED) is 0.204. The summed E-state index contributed by atoms with van der Waals surface area (Å²) in [6.07, 6.45) is -0.363. The molecule has 1 atom stereocenters. The first-order valence-electron chi connectivity index (χ1n) is 17.0. The third-order valence-corrected chi connectivity index (χ3v) is 9.96. The van der Waals surface area contributed by atoms with Crippen LogP contribution in [0.4, 0.5) is 0 Å². The number of nitrogens with one attached hydrogen (secondary N) is 1. The number of rotatable bonds is 4. The van der Waals surface area contributed by atoms with Gasteiger partial charge in [0.15, 0.2) is 5.84 Å². The van der Waals surface area contributed by atoms with Crippen molar-refractivity contribution < 1.29 is 13.3 Å². The van der Waals surface area contributed by atoms with Gasteiger partial charge in [-0.1, -0.05) is 109 Å². The van der Waals surface area contributed by atoms with E-state index in [9.17, 15) is 0 Å². The minimum Gasteiger partial charge on any atom is -0.456 e. The molecule has 0 saturated heterocycles. The highest BCUT2D eigenvalue weighted by atomic mass is 16.3. The second kappa shape index (κ2) is 10.8. The summed E-state index contributed by atoms with van der Waals surface area (Å²) in [4.78, 5) is 10.5. The summed E-state index contributed by atoms with van der Waals surface area (Å²) < 4.78 is 19.0. The molecule has 6 nitrogen and oxygen atoms in total. The fraction of sp³-hybridized carbons (Fsp3) is 0.0222. The summed E-state index contributed by atoms with van der Waals surface area (Å²) in [5.41, 5.74) is 10.1. The molecule has 0 aliphatic carbocycles. The first-order chi connectivity index (χ1) is 25.3. The molecule has 4 heterocycles. The lowest BCUT2D eigenvalue weighted by Crippen LogP contribution is -2.33. The van der Waals surface area contributed by atoms with Crippen LogP contribution < -0.4 is 5.32 Å². The van der Waals surface area contributed by atoms with E-state index in [2.05, 4.69) is 78.1 Å². The SMILES string of the molecule is c1ccc(C2N=C(c3cccc4oc5ccccc5c34)N=C(c3cccc4oc5ccc(-c6cccc7oc8ccccc8c67)cc5c34)N2)cc1. The summed E-state index contributed by atoms with van der Waals surface area (Å²) in [5.74, 6) is 1.36. The van der Waals surface area contributed by atoms with E-state index in [1.54, 1.807) is 0 Å². The number of hydrogen-bond donors (Lipinski definition) is 1. The highest BCUT2D eigenvalue weighted by molar-refractivity contribution is 6.25. The van der Waals surface area contributed by atoms with Crippen molar-refractivity contribution >= 4 is 77.5 Å². The summed E-state index contributed by atoms with van der Waals surface area (Å²) in [6.45, 7) is 0. The molecule has 0 amide bonds. The highest BCUT2D eigenvalue weighted by Crippen LogP contribution is 2.40. The first kappa shape index (κ1) is 28.0. The lowest BCUT2D eigenvalue weighted by atomic mass is 9.97. The van der Waals surface area contributed by atoms with Gasteiger partial charge in [0.1, 0.15) is 45.5 Å². The van der Waals surface area contributed by atoms with Crippen molar-refractivity contribution in [2.75, 3.05) is 0 Å². The lowest BCUT2D eigenvalue weighted by molar-refractivity contribution is 0.667. The van der Waals surface area contributed by atoms with Crippen LogP contribution in [0, 0.1) is 0 Å². The van der Waals surface area contributed by atoms with Gasteiger partial charge in [-0.2, -0.15) is 0 Å². The second-order valence-electron chi connectivity index (χ2n) is 12.9. The summed E-state index contributed by atoms with van der Waals surface area (Å²) in [6, 6.07) is 51.5. The van der Waals surface area contributed by atoms with Gasteiger partial charge >= 0.3 is 0 Å². The van der Waals surface area contributed by atoms with Crippen molar-refractivity contribution in [1.82, 2.24) is 5.32 Å². The maximum atomic E-state index is 6.49. The third kappa shape index (κ3) is 4.30. The van der Waals surface area contributed by atoms with Crippen LogP contribution in [0.2, 0.25) is 0 Å². The zero-order valence-corrected chi connectivity index (χ0v) is 27.1. The predicted octanol–water partition coefficient (Wildman–Crippen LogP) is 11.5. The van der Waals surface area contributed by atoms with Crippen molar-refractivity contribution in [3.05, 3.63) is 168 Å². The van der Waals surface area contributed by atoms with Crippen LogP contribution in [0.3, 0.4) is 0 Å². The zero-order valence-electron chi connectivity index (χ0n) is 27.1. The van der Waals surface area contributed by atoms with E-state index >= 15 is 0 Å². The van der Waals surface area contributed by atoms with Gasteiger partial charge in [-0.3, -0.25) is 0 Å². The molecule has 0 bridgehead atoms. The van der Waals surface area contributed by atoms with Crippen molar-refractivity contribution in [2.24, 2.45) is 9.98 Å². The van der Waals surface area contributed by atoms with E-state index in [0.29, 0.717) is 5.84 Å². The Morgan fingerprint density at radius 3 is 1.65 bits per heavy atom. The van der Waals surface area contributed by atoms with Crippen LogP contribution in [0.25, 0.3) is 76.9 Å². The van der Waals surface area contributed by atoms with Crippen molar-refractivity contribution in [3.8, 4) is 11.1 Å². The average molecular weight is 658 g/mol. The van der Waals surface area contributed by atoms with E-state index in [0.717, 1.165) is 99.5 Å². The average Bonchev–Trinajstić information content (AvgIpc) is 3.89. The Labute approximate surface area is 291 Å². The number of hydrogen-bond acceptors (Lipinski definition) is 6. The molecule has 1 unspecified atom stereocenters. The summed E-state index contributed by atoms with van der Waals surface area (Å²) in [5, 5.41) is 9.92. The van der Waals surface area contributed by atoms with Gasteiger partial charge in [-0.25, -0.2) is 9.98 Å². The molecule has 3 aromatic heterocycles. The lowest BCUT2D eigenvalue weighted by Gasteiger charge is -2.24. The van der Waals surface area contributed by atoms with E-state index in [1.165, 1.54) is 0 Å². The summed E-state index contributed by atoms with van der Waals surface area (Å²) in [7, 11) is 0. The standard InChI is InChI=1S/C45H27N3O3/c1-2-11-26(12-3-1)43-46-44(31-16-9-21-38-41(31)30-14-5-7-19-35(30)50-38)48-45(47-43)32-17-10-22-39-42(32)33-25-27(23-24-36(33)51-39)28-15-8-20-37-40(28)29-13-4-6-18-34(29)49-37/h1-25,43H,(H,46,47,48). The van der Waals surface area contributed by atoms with Crippen LogP contribution in [0.1, 0.15) is 22.9 Å². The van der Waals surface area contributed by atoms with Gasteiger partial charge in [0.25, 0.3) is 0 Å². The van der Waals surface area contributed by atoms with Gasteiger partial charge < -0.3 is 18.6 Å². The van der Waals surface area contributed by atoms with Gasteiger partial charge in [0.2, 0.25) is 0 Å². The number of furan rings is 3. The molecule has 0 saturated carbocycles. The van der Waals surface area contributed by atoms with Gasteiger partial charge in [-0.05, 0) is 59.2 Å². The molecule has 0 spiro atoms. The Morgan fingerprint density at radius 1 is 0.431 bits per heavy atom. The molecule has 11 rings (SSSR count). The third-order valence-electron chi connectivity index (χ3n) is 9.96. The molecule has 0 radical (unpaired) electrons. The normalized spacial score (nSPS) is 14.9. The minimum atomic E-state index is -0.363. The smallest absolute Gasteiger partial charge is 0.160 e. The number of nitrogens with zero attached hydrogens (tertiary/aromatic N) is 2. The van der Waals surface area contributed by atoms with Gasteiger partial charge in [0, 0.05) is 43.4 Å². The van der Waals surface area contributed by atoms with Crippen molar-refractivity contribution in [3.63, 3.8) is 0 Å². The Kier molecular flexibility index (Phi) is 5.92. The minimum absolute atomic E-state index is 0.363. The van der Waals surface area contributed by atoms with Crippen molar-refractivity contribution in [1.29, 1.82) is 0 Å². The molecular weight excluding hydrogens is 631 g/mol. The molecule has 51 heavy (non-hydrogen) atoms. The van der Waals surface area contributed by atoms with Crippen LogP contribution >= 0.6 is 0 Å². The molecule has 1 N–H and O–H groups in total. The monoisotopic (exact) mass is 657 g/mol. The largest absolute Gasteiger partial charge is 0.456 e. The fourth-order valence-corrected chi connectivity index (χ4v) is 7.68. The Hall–Kier alpha value is -6.92. The number of para-hydroxylation sites is 2. The topological polar surface area (TPSA) is 76.2 Å². The van der Waals surface area contributed by atoms with Crippen LogP contribution in [-0.4, -0.2) is 11.7 Å². The van der Waals surface area contributed by atoms with E-state index in [-0.39, 0.29) is 6.17 Å². The first-order valence-corrected chi connectivity index (χ1v) is 17.0. The Balaban J connectivity index is 1.13. The molecule has 240 valence electrons. The molecule has 7 aromatic carbocycles. The molecule has 6 heteroatoms. The zero-order chi connectivity index (χ0) is 33.5. The number of fused-ring (bicyclic) bond motifs is 9. The molecule has 10 aromatic rings. The Bertz CT molecular complexity index is 3070. The molecule has 0 fully saturated rings. The second-order valence-corrected chi connectivity index (χ2v) is 12.9. The summed E-state index contributed by atoms with van der Waals surface area (Å²) >= 11 is 0. The highest BCUT2D eigenvalue weighted by Gasteiger charge is 2.26. The molecule has 1 aliphatic rings. The maximum absolute atomic E-state index is 6.49. The number of amidine groups is 2. The molecular formula is C45H27N3O3. The van der Waals surface area contributed by atoms with E-state index < -0.39 is 0 Å². The van der Waals surface area contributed by atoms with Crippen LogP contribution in [0.15, 0.2) is 175 Å². The number of aliphatic imine (C=N–C) groups is 2. The van der Waals surface area contributed by atoms with E-state index in [4.69, 9.17) is 23.2 Å². The maximum Gasteiger partial charge on any atom is 0.160 e.